The van der Waals surface area contributed by atoms with Crippen molar-refractivity contribution in [2.75, 3.05) is 13.2 Å². The predicted octanol–water partition coefficient (Wildman–Crippen LogP) is 2.03. The number of esters is 4. The maximum Gasteiger partial charge on any atom is 0.347 e. The monoisotopic (exact) mass is 410 g/mol. The Kier molecular flexibility index (Phi) is 6.19. The highest BCUT2D eigenvalue weighted by molar-refractivity contribution is 5.87. The summed E-state index contributed by atoms with van der Waals surface area (Å²) in [6.45, 7) is 6.67. The second-order valence-electron chi connectivity index (χ2n) is 8.24. The lowest BCUT2D eigenvalue weighted by Gasteiger charge is -2.29. The Bertz CT molecular complexity index is 628. The van der Waals surface area contributed by atoms with Crippen LogP contribution in [0.1, 0.15) is 53.4 Å². The van der Waals surface area contributed by atoms with E-state index in [1.165, 1.54) is 13.8 Å². The number of carbonyl (C=O) groups is 4. The van der Waals surface area contributed by atoms with Crippen molar-refractivity contribution >= 4 is 23.9 Å². The van der Waals surface area contributed by atoms with E-state index >= 15 is 0 Å². The van der Waals surface area contributed by atoms with E-state index in [0.717, 1.165) is 25.7 Å². The van der Waals surface area contributed by atoms with Crippen molar-refractivity contribution in [3.8, 4) is 0 Å². The van der Waals surface area contributed by atoms with Crippen LogP contribution in [0.4, 0.5) is 0 Å². The molecule has 0 saturated heterocycles. The minimum absolute atomic E-state index is 0.00625. The summed E-state index contributed by atoms with van der Waals surface area (Å²) in [7, 11) is 0. The Morgan fingerprint density at radius 1 is 0.793 bits per heavy atom. The molecule has 162 valence electrons. The van der Waals surface area contributed by atoms with Crippen LogP contribution in [0.3, 0.4) is 0 Å². The second kappa shape index (κ2) is 8.32. The molecule has 3 aliphatic carbocycles. The zero-order valence-electron chi connectivity index (χ0n) is 17.5. The molecule has 29 heavy (non-hydrogen) atoms. The molecule has 0 aromatic heterocycles. The molecular formula is C21H30O8. The lowest BCUT2D eigenvalue weighted by Crippen LogP contribution is -2.41. The van der Waals surface area contributed by atoms with Crippen LogP contribution in [0.2, 0.25) is 0 Å². The van der Waals surface area contributed by atoms with E-state index in [1.54, 1.807) is 13.8 Å². The van der Waals surface area contributed by atoms with Gasteiger partial charge in [-0.2, -0.15) is 0 Å². The van der Waals surface area contributed by atoms with Crippen molar-refractivity contribution < 1.29 is 38.1 Å². The number of rotatable bonds is 8. The van der Waals surface area contributed by atoms with Gasteiger partial charge in [-0.3, -0.25) is 9.59 Å². The lowest BCUT2D eigenvalue weighted by molar-refractivity contribution is -0.178. The van der Waals surface area contributed by atoms with Crippen molar-refractivity contribution in [1.82, 2.24) is 0 Å². The highest BCUT2D eigenvalue weighted by atomic mass is 16.6. The van der Waals surface area contributed by atoms with Gasteiger partial charge in [-0.15, -0.1) is 0 Å². The van der Waals surface area contributed by atoms with Gasteiger partial charge in [-0.1, -0.05) is 0 Å². The van der Waals surface area contributed by atoms with Crippen LogP contribution < -0.4 is 0 Å². The SMILES string of the molecule is CCOC(=O)C(C)OC(=O)C1C(C(=O)OC(C)C(=O)OCC)C2CCC1C21CC1. The summed E-state index contributed by atoms with van der Waals surface area (Å²) in [6, 6.07) is 0. The largest absolute Gasteiger partial charge is 0.463 e. The Hall–Kier alpha value is -2.12. The van der Waals surface area contributed by atoms with E-state index in [-0.39, 0.29) is 30.5 Å². The molecule has 0 heterocycles. The van der Waals surface area contributed by atoms with Crippen LogP contribution in [0.15, 0.2) is 0 Å². The van der Waals surface area contributed by atoms with E-state index in [1.807, 2.05) is 0 Å². The summed E-state index contributed by atoms with van der Waals surface area (Å²) in [5, 5.41) is 0. The van der Waals surface area contributed by atoms with Gasteiger partial charge in [0.25, 0.3) is 0 Å². The maximum absolute atomic E-state index is 13.0. The quantitative estimate of drug-likeness (QED) is 0.442. The first-order chi connectivity index (χ1) is 13.8. The molecule has 0 radical (unpaired) electrons. The highest BCUT2D eigenvalue weighted by Gasteiger charge is 2.72. The van der Waals surface area contributed by atoms with Crippen molar-refractivity contribution in [2.24, 2.45) is 29.1 Å². The van der Waals surface area contributed by atoms with Crippen molar-refractivity contribution in [1.29, 1.82) is 0 Å². The van der Waals surface area contributed by atoms with Gasteiger partial charge >= 0.3 is 23.9 Å². The fraction of sp³-hybridized carbons (Fsp3) is 0.810. The molecule has 1 spiro atoms. The van der Waals surface area contributed by atoms with E-state index in [0.29, 0.717) is 0 Å². The first kappa shape index (κ1) is 21.6. The van der Waals surface area contributed by atoms with Gasteiger partial charge in [-0.05, 0) is 70.6 Å². The predicted molar refractivity (Wildman–Crippen MR) is 99.2 cm³/mol. The van der Waals surface area contributed by atoms with Gasteiger partial charge in [0.05, 0.1) is 25.0 Å². The number of hydrogen-bond donors (Lipinski definition) is 0. The molecule has 0 aromatic carbocycles. The van der Waals surface area contributed by atoms with Crippen molar-refractivity contribution in [3.05, 3.63) is 0 Å². The summed E-state index contributed by atoms with van der Waals surface area (Å²) >= 11 is 0. The highest BCUT2D eigenvalue weighted by Crippen LogP contribution is 2.74. The third kappa shape index (κ3) is 3.85. The van der Waals surface area contributed by atoms with Crippen molar-refractivity contribution in [2.45, 2.75) is 65.6 Å². The van der Waals surface area contributed by atoms with Gasteiger partial charge in [0.2, 0.25) is 0 Å². The third-order valence-corrected chi connectivity index (χ3v) is 6.71. The fourth-order valence-electron chi connectivity index (χ4n) is 5.41. The second-order valence-corrected chi connectivity index (χ2v) is 8.24. The zero-order valence-corrected chi connectivity index (χ0v) is 17.5. The third-order valence-electron chi connectivity index (χ3n) is 6.71. The lowest BCUT2D eigenvalue weighted by atomic mass is 9.79. The molecule has 3 rings (SSSR count). The van der Waals surface area contributed by atoms with Gasteiger partial charge in [0.1, 0.15) is 0 Å². The van der Waals surface area contributed by atoms with Gasteiger partial charge in [0, 0.05) is 0 Å². The standard InChI is InChI=1S/C21H30O8/c1-5-26-17(22)11(3)28-19(24)15-13-7-8-14(21(13)9-10-21)16(15)20(25)29-12(4)18(23)27-6-2/h11-16H,5-10H2,1-4H3. The minimum atomic E-state index is -1.04. The summed E-state index contributed by atoms with van der Waals surface area (Å²) in [4.78, 5) is 49.7. The molecule has 6 unspecified atom stereocenters. The Balaban J connectivity index is 1.74. The average molecular weight is 410 g/mol. The zero-order chi connectivity index (χ0) is 21.3. The average Bonchev–Trinajstić information content (AvgIpc) is 3.34. The molecule has 0 N–H and O–H groups in total. The normalized spacial score (nSPS) is 30.3. The van der Waals surface area contributed by atoms with Crippen LogP contribution in [-0.2, 0) is 38.1 Å². The molecule has 3 fully saturated rings. The van der Waals surface area contributed by atoms with Crippen LogP contribution >= 0.6 is 0 Å². The first-order valence-electron chi connectivity index (χ1n) is 10.5. The van der Waals surface area contributed by atoms with E-state index in [9.17, 15) is 19.2 Å². The summed E-state index contributed by atoms with van der Waals surface area (Å²) < 4.78 is 20.6. The number of carbonyl (C=O) groups excluding carboxylic acids is 4. The van der Waals surface area contributed by atoms with Gasteiger partial charge in [-0.25, -0.2) is 9.59 Å². The molecule has 0 aromatic rings. The smallest absolute Gasteiger partial charge is 0.347 e. The topological polar surface area (TPSA) is 105 Å². The van der Waals surface area contributed by atoms with Crippen molar-refractivity contribution in [3.63, 3.8) is 0 Å². The molecule has 0 amide bonds. The number of ether oxygens (including phenoxy) is 4. The molecule has 2 bridgehead atoms. The molecule has 3 saturated carbocycles. The Morgan fingerprint density at radius 3 is 1.48 bits per heavy atom. The summed E-state index contributed by atoms with van der Waals surface area (Å²) in [6.07, 6.45) is 1.61. The first-order valence-corrected chi connectivity index (χ1v) is 10.5. The molecule has 6 atom stereocenters. The van der Waals surface area contributed by atoms with E-state index < -0.39 is 47.9 Å². The van der Waals surface area contributed by atoms with Gasteiger partial charge in [0.15, 0.2) is 12.2 Å². The van der Waals surface area contributed by atoms with Crippen LogP contribution in [0.25, 0.3) is 0 Å². The van der Waals surface area contributed by atoms with Crippen LogP contribution in [-0.4, -0.2) is 49.3 Å². The maximum atomic E-state index is 13.0. The van der Waals surface area contributed by atoms with E-state index in [2.05, 4.69) is 0 Å². The molecule has 0 aliphatic heterocycles. The fourth-order valence-corrected chi connectivity index (χ4v) is 5.41. The Morgan fingerprint density at radius 2 is 1.17 bits per heavy atom. The molecule has 8 heteroatoms. The molecular weight excluding hydrogens is 380 g/mol. The minimum Gasteiger partial charge on any atom is -0.463 e. The molecule has 3 aliphatic rings. The van der Waals surface area contributed by atoms with E-state index in [4.69, 9.17) is 18.9 Å². The summed E-state index contributed by atoms with van der Waals surface area (Å²) in [5.41, 5.74) is -0.00625. The summed E-state index contributed by atoms with van der Waals surface area (Å²) in [5.74, 6) is -3.57. The Labute approximate surface area is 170 Å². The van der Waals surface area contributed by atoms with Gasteiger partial charge < -0.3 is 18.9 Å². The molecule has 8 nitrogen and oxygen atoms in total. The number of hydrogen-bond acceptors (Lipinski definition) is 8. The van der Waals surface area contributed by atoms with Crippen LogP contribution in [0, 0.1) is 29.1 Å². The van der Waals surface area contributed by atoms with Crippen LogP contribution in [0.5, 0.6) is 0 Å².